The van der Waals surface area contributed by atoms with Crippen LogP contribution in [0.5, 0.6) is 0 Å². The van der Waals surface area contributed by atoms with Gasteiger partial charge in [-0.05, 0) is 107 Å². The summed E-state index contributed by atoms with van der Waals surface area (Å²) in [5, 5.41) is 12.9. The van der Waals surface area contributed by atoms with E-state index >= 15 is 0 Å². The van der Waals surface area contributed by atoms with Gasteiger partial charge in [0, 0.05) is 65.6 Å². The van der Waals surface area contributed by atoms with Crippen LogP contribution in [-0.4, -0.2) is 24.9 Å². The standard InChI is InChI=1S/C78H70N4Si2/c1-49(2)51-29-33-55(34-30-51)79(71-45-57(83(5,6)7)37-39-59(71)53-21-13-11-14-22-53)69-43-41-61-65-47-74-66(48-73(65)81-67-27-19-17-25-63(67)75(69)77(61)81)62-42-44-70(76-64-26-18-20-28-68(64)82(74)78(62)76)80(56-35-31-52(32-36-56)50(3)4)72-46-58(84(8,9)10)38-40-60(72)54-23-15-12-16-24-54/h11-50H,1-10H3. The summed E-state index contributed by atoms with van der Waals surface area (Å²) in [5.41, 5.74) is 22.0. The Hall–Kier alpha value is -8.95. The zero-order chi connectivity index (χ0) is 57.5. The molecule has 0 N–H and O–H groups in total. The molecule has 11 aromatic carbocycles. The first kappa shape index (κ1) is 51.9. The lowest BCUT2D eigenvalue weighted by Gasteiger charge is -2.31. The summed E-state index contributed by atoms with van der Waals surface area (Å²) in [6.07, 6.45) is 0. The Kier molecular flexibility index (Phi) is 11.9. The maximum absolute atomic E-state index is 2.59. The van der Waals surface area contributed by atoms with E-state index in [4.69, 9.17) is 0 Å². The van der Waals surface area contributed by atoms with Crippen LogP contribution in [-0.2, 0) is 0 Å². The molecule has 0 aliphatic rings. The average molecular weight is 1120 g/mol. The van der Waals surface area contributed by atoms with E-state index in [1.807, 2.05) is 0 Å². The molecule has 0 atom stereocenters. The molecule has 0 radical (unpaired) electrons. The van der Waals surface area contributed by atoms with E-state index in [0.717, 1.165) is 11.4 Å². The minimum Gasteiger partial charge on any atom is -0.309 e. The Labute approximate surface area is 495 Å². The average Bonchev–Trinajstić information content (AvgIpc) is 1.56. The predicted molar refractivity (Wildman–Crippen MR) is 370 cm³/mol. The number of aromatic nitrogens is 2. The van der Waals surface area contributed by atoms with E-state index in [2.05, 4.69) is 316 Å². The summed E-state index contributed by atoms with van der Waals surface area (Å²) in [4.78, 5) is 5.16. The van der Waals surface area contributed by atoms with Crippen LogP contribution in [0, 0.1) is 0 Å². The number of hydrogen-bond acceptors (Lipinski definition) is 2. The van der Waals surface area contributed by atoms with E-state index in [9.17, 15) is 0 Å². The fraction of sp³-hybridized carbons (Fsp3) is 0.154. The molecule has 84 heavy (non-hydrogen) atoms. The highest BCUT2D eigenvalue weighted by atomic mass is 28.3. The zero-order valence-electron chi connectivity index (χ0n) is 49.9. The van der Waals surface area contributed by atoms with Crippen molar-refractivity contribution in [1.29, 1.82) is 0 Å². The second-order valence-corrected chi connectivity index (χ2v) is 36.3. The second kappa shape index (κ2) is 19.3. The van der Waals surface area contributed by atoms with Gasteiger partial charge in [-0.25, -0.2) is 0 Å². The van der Waals surface area contributed by atoms with Crippen LogP contribution in [0.1, 0.15) is 50.7 Å². The molecule has 0 unspecified atom stereocenters. The monoisotopic (exact) mass is 1120 g/mol. The number of hydrogen-bond donors (Lipinski definition) is 0. The van der Waals surface area contributed by atoms with Gasteiger partial charge in [-0.1, -0.05) is 235 Å². The molecule has 0 saturated carbocycles. The van der Waals surface area contributed by atoms with E-state index < -0.39 is 16.1 Å². The van der Waals surface area contributed by atoms with Gasteiger partial charge < -0.3 is 18.6 Å². The first-order chi connectivity index (χ1) is 40.6. The Morgan fingerprint density at radius 2 is 0.679 bits per heavy atom. The highest BCUT2D eigenvalue weighted by Gasteiger charge is 2.31. The van der Waals surface area contributed by atoms with Gasteiger partial charge in [-0.2, -0.15) is 0 Å². The fourth-order valence-electron chi connectivity index (χ4n) is 13.8. The van der Waals surface area contributed by atoms with Crippen molar-refractivity contribution in [2.24, 2.45) is 0 Å². The van der Waals surface area contributed by atoms with Crippen molar-refractivity contribution in [3.05, 3.63) is 242 Å². The molecule has 0 amide bonds. The molecule has 410 valence electrons. The van der Waals surface area contributed by atoms with Gasteiger partial charge in [0.15, 0.2) is 0 Å². The predicted octanol–water partition coefficient (Wildman–Crippen LogP) is 21.6. The lowest BCUT2D eigenvalue weighted by atomic mass is 9.98. The van der Waals surface area contributed by atoms with Gasteiger partial charge in [0.2, 0.25) is 0 Å². The Bertz CT molecular complexity index is 4700. The third kappa shape index (κ3) is 8.05. The minimum absolute atomic E-state index is 0.420. The molecule has 0 fully saturated rings. The van der Waals surface area contributed by atoms with Gasteiger partial charge in [0.1, 0.15) is 0 Å². The zero-order valence-corrected chi connectivity index (χ0v) is 51.9. The van der Waals surface area contributed by atoms with Crippen LogP contribution in [0.4, 0.5) is 34.1 Å². The number of fused-ring (bicyclic) bond motifs is 12. The molecule has 0 aliphatic carbocycles. The van der Waals surface area contributed by atoms with Crippen molar-refractivity contribution in [3.8, 4) is 22.3 Å². The van der Waals surface area contributed by atoms with E-state index in [1.54, 1.807) is 0 Å². The molecule has 15 rings (SSSR count). The van der Waals surface area contributed by atoms with Gasteiger partial charge in [0.05, 0.1) is 72.0 Å². The Balaban J connectivity index is 1.01. The van der Waals surface area contributed by atoms with Crippen LogP contribution < -0.4 is 20.2 Å². The summed E-state index contributed by atoms with van der Waals surface area (Å²) in [6, 6.07) is 88.3. The summed E-state index contributed by atoms with van der Waals surface area (Å²) < 4.78 is 5.18. The highest BCUT2D eigenvalue weighted by molar-refractivity contribution is 6.89. The molecule has 6 heteroatoms. The number of para-hydroxylation sites is 2. The summed E-state index contributed by atoms with van der Waals surface area (Å²) in [7, 11) is -3.52. The number of nitrogens with zero attached hydrogens (tertiary/aromatic N) is 4. The molecule has 4 heterocycles. The maximum atomic E-state index is 2.59. The topological polar surface area (TPSA) is 15.3 Å². The summed E-state index contributed by atoms with van der Waals surface area (Å²) in [5.74, 6) is 0.839. The highest BCUT2D eigenvalue weighted by Crippen LogP contribution is 2.53. The van der Waals surface area contributed by atoms with Crippen molar-refractivity contribution >= 4 is 137 Å². The molecule has 15 aromatic rings. The van der Waals surface area contributed by atoms with E-state index in [1.165, 1.54) is 143 Å². The van der Waals surface area contributed by atoms with Crippen molar-refractivity contribution in [2.45, 2.75) is 78.8 Å². The van der Waals surface area contributed by atoms with Crippen LogP contribution in [0.3, 0.4) is 0 Å². The van der Waals surface area contributed by atoms with E-state index in [0.29, 0.717) is 11.8 Å². The molecule has 0 spiro atoms. The SMILES string of the molecule is CC(C)c1ccc(N(c2cc([Si](C)(C)C)ccc2-c2ccccc2)c2ccc3c4cc5c(cc4n4c6ccccc6c2c34)c2ccc(N(c3ccc(C(C)C)cc3)c3cc([Si](C)(C)C)ccc3-c3ccccc3)c3c4ccccc4n5c23)cc1. The van der Waals surface area contributed by atoms with Crippen LogP contribution >= 0.6 is 0 Å². The molecule has 0 aliphatic heterocycles. The number of benzene rings is 11. The molecular weight excluding hydrogens is 1050 g/mol. The lowest BCUT2D eigenvalue weighted by molar-refractivity contribution is 0.866. The van der Waals surface area contributed by atoms with Crippen molar-refractivity contribution < 1.29 is 0 Å². The van der Waals surface area contributed by atoms with Crippen molar-refractivity contribution in [2.75, 3.05) is 9.80 Å². The summed E-state index contributed by atoms with van der Waals surface area (Å²) in [6.45, 7) is 23.9. The lowest BCUT2D eigenvalue weighted by Crippen LogP contribution is -2.37. The second-order valence-electron chi connectivity index (χ2n) is 26.2. The maximum Gasteiger partial charge on any atom is 0.0776 e. The normalized spacial score (nSPS) is 12.6. The smallest absolute Gasteiger partial charge is 0.0776 e. The van der Waals surface area contributed by atoms with Crippen LogP contribution in [0.15, 0.2) is 231 Å². The van der Waals surface area contributed by atoms with Crippen molar-refractivity contribution in [3.63, 3.8) is 0 Å². The molecular formula is C78H70N4Si2. The number of rotatable bonds is 12. The third-order valence-electron chi connectivity index (χ3n) is 18.3. The largest absolute Gasteiger partial charge is 0.309 e. The minimum atomic E-state index is -1.76. The van der Waals surface area contributed by atoms with Gasteiger partial charge in [-0.15, -0.1) is 0 Å². The van der Waals surface area contributed by atoms with Crippen LogP contribution in [0.25, 0.3) is 98.4 Å². The number of anilines is 6. The summed E-state index contributed by atoms with van der Waals surface area (Å²) >= 11 is 0. The van der Waals surface area contributed by atoms with E-state index in [-0.39, 0.29) is 0 Å². The Morgan fingerprint density at radius 1 is 0.310 bits per heavy atom. The quantitative estimate of drug-likeness (QED) is 0.113. The van der Waals surface area contributed by atoms with Gasteiger partial charge in [0.25, 0.3) is 0 Å². The molecule has 0 bridgehead atoms. The van der Waals surface area contributed by atoms with Gasteiger partial charge in [-0.3, -0.25) is 0 Å². The van der Waals surface area contributed by atoms with Crippen LogP contribution in [0.2, 0.25) is 39.3 Å². The Morgan fingerprint density at radius 3 is 1.05 bits per heavy atom. The first-order valence-corrected chi connectivity index (χ1v) is 37.1. The van der Waals surface area contributed by atoms with Gasteiger partial charge >= 0.3 is 0 Å². The third-order valence-corrected chi connectivity index (χ3v) is 22.3. The first-order valence-electron chi connectivity index (χ1n) is 30.1. The molecule has 4 aromatic heterocycles. The molecule has 0 saturated heterocycles. The van der Waals surface area contributed by atoms with Crippen molar-refractivity contribution in [1.82, 2.24) is 8.80 Å². The fourth-order valence-corrected chi connectivity index (χ4v) is 16.1. The molecule has 4 nitrogen and oxygen atoms in total.